The molecule has 9 rings (SSSR count). The van der Waals surface area contributed by atoms with E-state index in [2.05, 4.69) is 187 Å². The molecule has 8 aromatic rings. The van der Waals surface area contributed by atoms with Crippen LogP contribution < -0.4 is 33.7 Å². The molecule has 0 atom stereocenters. The summed E-state index contributed by atoms with van der Waals surface area (Å²) in [6.07, 6.45) is 19.4. The number of unbranched alkanes of at least 4 members (excludes halogenated alkanes) is 1. The lowest BCUT2D eigenvalue weighted by atomic mass is 9.69. The van der Waals surface area contributed by atoms with Gasteiger partial charge in [0.25, 0.3) is 0 Å². The number of carbonyl (C=O) groups excluding carboxylic acids is 1. The number of fused-ring (bicyclic) bond motifs is 3. The first-order valence-corrected chi connectivity index (χ1v) is 37.0. The molecule has 107 heavy (non-hydrogen) atoms. The van der Waals surface area contributed by atoms with Crippen molar-refractivity contribution in [3.63, 3.8) is 0 Å². The highest BCUT2D eigenvalue weighted by Gasteiger charge is 2.44. The van der Waals surface area contributed by atoms with Crippen molar-refractivity contribution in [1.29, 1.82) is 0 Å². The molecule has 0 aromatic heterocycles. The van der Waals surface area contributed by atoms with Crippen molar-refractivity contribution in [2.24, 2.45) is 0 Å². The lowest BCUT2D eigenvalue weighted by Gasteiger charge is -2.34. The summed E-state index contributed by atoms with van der Waals surface area (Å²) in [5.41, 5.74) is 13.8. The smallest absolute Gasteiger partial charge is 0.407 e. The summed E-state index contributed by atoms with van der Waals surface area (Å²) in [6, 6.07) is 59.5. The van der Waals surface area contributed by atoms with Crippen molar-refractivity contribution in [3.8, 4) is 45.6 Å². The van der Waals surface area contributed by atoms with Crippen LogP contribution in [0.4, 0.5) is 4.79 Å². The number of benzene rings is 8. The maximum Gasteiger partial charge on any atom is 0.407 e. The molecule has 0 saturated carbocycles. The molecule has 17 nitrogen and oxygen atoms in total. The SMILES string of the molecule is CCOc1ccc(/C=C/c2ccc(/C=C/c3ccc4c(c3)C(Cc3cc(OCCOCCOC)cc(OCCOCCOC)c3)(Cc3cc(OCCOCCOC)cc(OCCOCCOC)c3)c3cc(/C=C/c5ccc(/C=C/c6ccc(OCCCCNC(=O)OC(C)(C)C)cc6)cc5)ccc3-4)cc2)cc1. The van der Waals surface area contributed by atoms with Crippen LogP contribution in [-0.4, -0.2) is 166 Å². The second-order valence-corrected chi connectivity index (χ2v) is 26.7. The molecule has 1 aliphatic rings. The van der Waals surface area contributed by atoms with Crippen LogP contribution in [-0.2, 0) is 60.9 Å². The van der Waals surface area contributed by atoms with Gasteiger partial charge in [0.2, 0.25) is 0 Å². The Hall–Kier alpha value is -9.53. The van der Waals surface area contributed by atoms with E-state index in [0.717, 1.165) is 102 Å². The average Bonchev–Trinajstić information content (AvgIpc) is 1.56. The molecular formula is C90H107NO16. The summed E-state index contributed by atoms with van der Waals surface area (Å²) in [5, 5.41) is 2.80. The molecule has 0 bridgehead atoms. The lowest BCUT2D eigenvalue weighted by molar-refractivity contribution is 0.0526. The third-order valence-corrected chi connectivity index (χ3v) is 17.3. The number of carbonyl (C=O) groups is 1. The van der Waals surface area contributed by atoms with E-state index in [4.69, 9.17) is 71.1 Å². The first-order chi connectivity index (χ1) is 52.3. The second kappa shape index (κ2) is 44.6. The van der Waals surface area contributed by atoms with Crippen LogP contribution in [0.5, 0.6) is 34.5 Å². The molecular weight excluding hydrogens is 1350 g/mol. The van der Waals surface area contributed by atoms with Crippen LogP contribution in [0.3, 0.4) is 0 Å². The predicted molar refractivity (Wildman–Crippen MR) is 427 cm³/mol. The van der Waals surface area contributed by atoms with E-state index in [0.29, 0.717) is 161 Å². The number of methoxy groups -OCH3 is 4. The maximum absolute atomic E-state index is 12.0. The number of rotatable bonds is 48. The zero-order chi connectivity index (χ0) is 75.2. The van der Waals surface area contributed by atoms with Crippen LogP contribution in [0, 0.1) is 0 Å². The van der Waals surface area contributed by atoms with Gasteiger partial charge in [-0.2, -0.15) is 0 Å². The molecule has 0 heterocycles. The zero-order valence-corrected chi connectivity index (χ0v) is 63.6. The molecule has 0 unspecified atom stereocenters. The fourth-order valence-electron chi connectivity index (χ4n) is 12.2. The molecule has 1 N–H and O–H groups in total. The Morgan fingerprint density at radius 2 is 0.636 bits per heavy atom. The van der Waals surface area contributed by atoms with Gasteiger partial charge < -0.3 is 76.4 Å². The van der Waals surface area contributed by atoms with Crippen LogP contribution in [0.2, 0.25) is 0 Å². The van der Waals surface area contributed by atoms with Gasteiger partial charge in [0.1, 0.15) is 66.5 Å². The fraction of sp³-hybridized carbons (Fsp3) is 0.367. The van der Waals surface area contributed by atoms with Crippen molar-refractivity contribution < 1.29 is 75.8 Å². The van der Waals surface area contributed by atoms with E-state index in [-0.39, 0.29) is 0 Å². The van der Waals surface area contributed by atoms with Gasteiger partial charge in [0.05, 0.1) is 92.5 Å². The molecule has 8 aromatic carbocycles. The first-order valence-electron chi connectivity index (χ1n) is 37.0. The Morgan fingerprint density at radius 3 is 0.963 bits per heavy atom. The van der Waals surface area contributed by atoms with Crippen molar-refractivity contribution in [3.05, 3.63) is 237 Å². The second-order valence-electron chi connectivity index (χ2n) is 26.7. The van der Waals surface area contributed by atoms with E-state index in [1.54, 1.807) is 28.4 Å². The average molecular weight is 1460 g/mol. The maximum atomic E-state index is 12.0. The number of hydrogen-bond donors (Lipinski definition) is 1. The van der Waals surface area contributed by atoms with Crippen LogP contribution in [0.15, 0.2) is 170 Å². The summed E-state index contributed by atoms with van der Waals surface area (Å²) >= 11 is 0. The number of ether oxygens (including phenoxy) is 15. The number of amides is 1. The highest BCUT2D eigenvalue weighted by molar-refractivity contribution is 5.86. The van der Waals surface area contributed by atoms with Gasteiger partial charge in [0, 0.05) is 52.5 Å². The monoisotopic (exact) mass is 1460 g/mol. The Bertz CT molecular complexity index is 3920. The largest absolute Gasteiger partial charge is 0.494 e. The fourth-order valence-corrected chi connectivity index (χ4v) is 12.2. The summed E-state index contributed by atoms with van der Waals surface area (Å²) in [6.45, 7) is 15.7. The number of nitrogens with one attached hydrogen (secondary N) is 1. The molecule has 0 aliphatic heterocycles. The molecule has 1 aliphatic carbocycles. The van der Waals surface area contributed by atoms with Gasteiger partial charge in [-0.3, -0.25) is 0 Å². The summed E-state index contributed by atoms with van der Waals surface area (Å²) < 4.78 is 87.8. The molecule has 0 spiro atoms. The predicted octanol–water partition coefficient (Wildman–Crippen LogP) is 17.4. The van der Waals surface area contributed by atoms with Gasteiger partial charge in [-0.05, 0) is 180 Å². The molecule has 1 amide bonds. The first kappa shape index (κ1) is 81.5. The minimum atomic E-state index is -0.745. The third-order valence-electron chi connectivity index (χ3n) is 17.3. The number of hydrogen-bond acceptors (Lipinski definition) is 16. The van der Waals surface area contributed by atoms with Crippen molar-refractivity contribution in [2.45, 2.75) is 64.4 Å². The molecule has 0 radical (unpaired) electrons. The van der Waals surface area contributed by atoms with Crippen LogP contribution >= 0.6 is 0 Å². The van der Waals surface area contributed by atoms with Gasteiger partial charge >= 0.3 is 6.09 Å². The normalized spacial score (nSPS) is 12.5. The van der Waals surface area contributed by atoms with E-state index >= 15 is 0 Å². The van der Waals surface area contributed by atoms with Crippen LogP contribution in [0.25, 0.3) is 59.7 Å². The van der Waals surface area contributed by atoms with E-state index in [1.807, 2.05) is 64.1 Å². The Kier molecular flexibility index (Phi) is 34.0. The molecule has 0 fully saturated rings. The third kappa shape index (κ3) is 28.0. The van der Waals surface area contributed by atoms with E-state index in [1.165, 1.54) is 0 Å². The molecule has 568 valence electrons. The highest BCUT2D eigenvalue weighted by Crippen LogP contribution is 2.54. The van der Waals surface area contributed by atoms with Gasteiger partial charge in [-0.1, -0.05) is 158 Å². The van der Waals surface area contributed by atoms with Gasteiger partial charge in [-0.15, -0.1) is 0 Å². The Morgan fingerprint density at radius 1 is 0.336 bits per heavy atom. The van der Waals surface area contributed by atoms with Crippen LogP contribution in [0.1, 0.15) is 107 Å². The zero-order valence-electron chi connectivity index (χ0n) is 63.6. The minimum absolute atomic E-state index is 0.315. The molecule has 0 saturated heterocycles. The Labute approximate surface area is 633 Å². The van der Waals surface area contributed by atoms with Crippen molar-refractivity contribution >= 4 is 54.7 Å². The summed E-state index contributed by atoms with van der Waals surface area (Å²) in [5.74, 6) is 4.25. The Balaban J connectivity index is 1.07. The standard InChI is InChI=1S/C90H107NO16/c1-9-101-78-34-28-72(29-35-78)22-20-68-12-16-70(17-13-68)24-26-74-32-38-84-85-39-33-75(27-25-71-18-14-69(15-19-71)21-23-73-30-36-79(37-31-73)102-41-11-10-40-91-88(92)107-89(2,3)4)63-87(85)90(86(84)62-74,66-76-58-80(103-54-50-97-46-42-93-5)64-81(59-76)104-55-51-98-47-43-94-6)67-77-60-82(105-56-52-99-48-44-95-7)65-83(61-77)106-57-53-100-49-45-96-8/h12-39,58-65H,9-11,40-57,66-67H2,1-8H3,(H,91,92)/b22-20+,23-21+,26-24+,27-25+. The van der Waals surface area contributed by atoms with Gasteiger partial charge in [-0.25, -0.2) is 4.79 Å². The lowest BCUT2D eigenvalue weighted by Crippen LogP contribution is -2.33. The van der Waals surface area contributed by atoms with E-state index < -0.39 is 17.1 Å². The van der Waals surface area contributed by atoms with Gasteiger partial charge in [0.15, 0.2) is 0 Å². The molecule has 17 heteroatoms. The highest BCUT2D eigenvalue weighted by atomic mass is 16.6. The summed E-state index contributed by atoms with van der Waals surface area (Å²) in [7, 11) is 6.64. The van der Waals surface area contributed by atoms with Crippen molar-refractivity contribution in [1.82, 2.24) is 5.32 Å². The van der Waals surface area contributed by atoms with E-state index in [9.17, 15) is 4.79 Å². The van der Waals surface area contributed by atoms with Crippen molar-refractivity contribution in [2.75, 3.05) is 154 Å². The number of alkyl carbamates (subject to hydrolysis) is 1. The summed E-state index contributed by atoms with van der Waals surface area (Å²) in [4.78, 5) is 12.0. The minimum Gasteiger partial charge on any atom is -0.494 e. The quantitative estimate of drug-likeness (QED) is 0.0282. The topological polar surface area (TPSA) is 168 Å².